The van der Waals surface area contributed by atoms with Gasteiger partial charge in [0.2, 0.25) is 41.3 Å². The zero-order valence-corrected chi connectivity index (χ0v) is 38.2. The van der Waals surface area contributed by atoms with Crippen molar-refractivity contribution in [3.05, 3.63) is 23.8 Å². The fourth-order valence-electron chi connectivity index (χ4n) is 5.51. The van der Waals surface area contributed by atoms with Gasteiger partial charge in [-0.25, -0.2) is 19.3 Å². The Morgan fingerprint density at radius 2 is 1.11 bits per heavy atom. The number of ether oxygens (including phenoxy) is 3. The van der Waals surface area contributed by atoms with Crippen LogP contribution >= 0.6 is 0 Å². The zero-order chi connectivity index (χ0) is 48.3. The molecule has 0 unspecified atom stereocenters. The molecule has 25 nitrogen and oxygen atoms in total. The summed E-state index contributed by atoms with van der Waals surface area (Å²) in [6.45, 7) is 18.5. The molecule has 64 heavy (non-hydrogen) atoms. The number of aliphatic imine (C=N–C) groups is 2. The molecule has 2 aromatic heterocycles. The van der Waals surface area contributed by atoms with Crippen LogP contribution in [0.15, 0.2) is 22.4 Å². The van der Waals surface area contributed by atoms with E-state index in [0.29, 0.717) is 0 Å². The molecule has 0 radical (unpaired) electrons. The van der Waals surface area contributed by atoms with Crippen LogP contribution in [0.2, 0.25) is 0 Å². The van der Waals surface area contributed by atoms with Gasteiger partial charge in [0, 0.05) is 21.7 Å². The fraction of sp³-hybridized carbons (Fsp3) is 0.744. The molecule has 2 saturated heterocycles. The predicted molar refractivity (Wildman–Crippen MR) is 222 cm³/mol. The maximum Gasteiger partial charge on any atom is 0.232 e. The van der Waals surface area contributed by atoms with Gasteiger partial charge >= 0.3 is 0 Å². The number of guanidine groups is 2. The zero-order valence-electron chi connectivity index (χ0n) is 38.2. The topological polar surface area (TPSA) is 352 Å². The molecule has 4 rings (SSSR count). The van der Waals surface area contributed by atoms with Gasteiger partial charge in [-0.05, 0) is 0 Å². The van der Waals surface area contributed by atoms with Gasteiger partial charge in [0.25, 0.3) is 0 Å². The summed E-state index contributed by atoms with van der Waals surface area (Å²) >= 11 is 0. The van der Waals surface area contributed by atoms with E-state index < -0.39 is 107 Å². The summed E-state index contributed by atoms with van der Waals surface area (Å²) < 4.78 is 19.7. The largest absolute Gasteiger partial charge is 0.391 e. The van der Waals surface area contributed by atoms with Crippen LogP contribution in [0.1, 0.15) is 101 Å². The number of carbonyl (C=O) groups is 4. The van der Waals surface area contributed by atoms with Gasteiger partial charge in [0.05, 0.1) is 32.0 Å². The molecule has 0 spiro atoms. The van der Waals surface area contributed by atoms with E-state index in [4.69, 9.17) is 14.2 Å². The van der Waals surface area contributed by atoms with Crippen molar-refractivity contribution in [3.8, 4) is 0 Å². The van der Waals surface area contributed by atoms with Gasteiger partial charge in [0.1, 0.15) is 54.6 Å². The molecule has 0 aromatic carbocycles. The number of hydrogen-bond acceptors (Lipinski definition) is 19. The highest BCUT2D eigenvalue weighted by Crippen LogP contribution is 2.40. The monoisotopic (exact) mass is 908 g/mol. The number of aromatic nitrogens is 6. The Morgan fingerprint density at radius 1 is 0.672 bits per heavy atom. The standard InChI is InChI=1S/C39H64N12O13/c1-35(2,3)29(58)42-33(43-30(59)36(4,5)6)40-13-19-15-50(48-46-19)17-21-22(53)23(54)24(55)28(62-21)64-39(18-52)26(57)25(56)27(63-39)51-16-20(47-49-51)14-41-34(44-31(60)37(7,8)9)45-32(61)38(10,11)12/h15-16,21-28,52-57H,13-14,17-18H2,1-12H3,(H2,40,42,43,58,59)(H2,41,44,45,60,61)/t21-,22-,23+,24-,25+,26+,27+,28-,39+/m1/s1. The van der Waals surface area contributed by atoms with E-state index in [1.807, 2.05) is 0 Å². The van der Waals surface area contributed by atoms with Crippen LogP contribution in [0.4, 0.5) is 0 Å². The molecule has 0 saturated carbocycles. The Morgan fingerprint density at radius 3 is 1.55 bits per heavy atom. The third-order valence-corrected chi connectivity index (χ3v) is 9.81. The van der Waals surface area contributed by atoms with Gasteiger partial charge in [-0.3, -0.25) is 40.4 Å². The first-order valence-corrected chi connectivity index (χ1v) is 20.5. The molecule has 2 fully saturated rings. The Balaban J connectivity index is 1.48. The first-order chi connectivity index (χ1) is 29.4. The van der Waals surface area contributed by atoms with Crippen molar-refractivity contribution in [1.29, 1.82) is 0 Å². The molecule has 358 valence electrons. The number of amides is 4. The molecule has 2 aliphatic heterocycles. The molecule has 4 amide bonds. The predicted octanol–water partition coefficient (Wildman–Crippen LogP) is -2.31. The Labute approximate surface area is 370 Å². The highest BCUT2D eigenvalue weighted by atomic mass is 16.8. The van der Waals surface area contributed by atoms with Crippen LogP contribution in [-0.4, -0.2) is 151 Å². The van der Waals surface area contributed by atoms with Crippen molar-refractivity contribution in [2.75, 3.05) is 6.61 Å². The second-order valence-corrected chi connectivity index (χ2v) is 19.8. The summed E-state index contributed by atoms with van der Waals surface area (Å²) in [6.07, 6.45) is -11.5. The Kier molecular flexibility index (Phi) is 15.9. The highest BCUT2D eigenvalue weighted by molar-refractivity contribution is 6.07. The third-order valence-electron chi connectivity index (χ3n) is 9.81. The summed E-state index contributed by atoms with van der Waals surface area (Å²) in [6, 6.07) is 0. The molecule has 2 aliphatic rings. The highest BCUT2D eigenvalue weighted by Gasteiger charge is 2.59. The van der Waals surface area contributed by atoms with Crippen molar-refractivity contribution in [2.24, 2.45) is 31.6 Å². The minimum atomic E-state index is -2.49. The van der Waals surface area contributed by atoms with Gasteiger partial charge in [-0.15, -0.1) is 10.2 Å². The maximum atomic E-state index is 12.7. The van der Waals surface area contributed by atoms with Crippen molar-refractivity contribution >= 4 is 35.5 Å². The van der Waals surface area contributed by atoms with Gasteiger partial charge in [0.15, 0.2) is 12.5 Å². The Bertz CT molecular complexity index is 1980. The first-order valence-electron chi connectivity index (χ1n) is 20.5. The summed E-state index contributed by atoms with van der Waals surface area (Å²) in [5.74, 6) is -4.38. The summed E-state index contributed by atoms with van der Waals surface area (Å²) in [5, 5.41) is 91.8. The molecule has 0 aliphatic carbocycles. The van der Waals surface area contributed by atoms with Gasteiger partial charge in [-0.1, -0.05) is 93.5 Å². The number of carbonyl (C=O) groups excluding carboxylic acids is 4. The van der Waals surface area contributed by atoms with Crippen molar-refractivity contribution in [1.82, 2.24) is 51.3 Å². The van der Waals surface area contributed by atoms with Crippen LogP contribution in [-0.2, 0) is 53.0 Å². The molecule has 9 atom stereocenters. The smallest absolute Gasteiger partial charge is 0.232 e. The van der Waals surface area contributed by atoms with E-state index in [9.17, 15) is 49.8 Å². The molecular weight excluding hydrogens is 844 g/mol. The van der Waals surface area contributed by atoms with Crippen LogP contribution in [0.25, 0.3) is 0 Å². The quantitative estimate of drug-likeness (QED) is 0.0885. The number of nitrogens with zero attached hydrogens (tertiary/aromatic N) is 8. The van der Waals surface area contributed by atoms with E-state index in [2.05, 4.69) is 51.9 Å². The molecule has 25 heteroatoms. The number of aliphatic hydroxyl groups is 6. The van der Waals surface area contributed by atoms with Crippen LogP contribution in [0, 0.1) is 21.7 Å². The van der Waals surface area contributed by atoms with Crippen LogP contribution < -0.4 is 21.3 Å². The lowest BCUT2D eigenvalue weighted by atomic mass is 9.95. The lowest BCUT2D eigenvalue weighted by Crippen LogP contribution is -2.62. The SMILES string of the molecule is CC(C)(C)C(=O)NC(=NCc1cn(C[C@H]2O[C@H](O[C@]3(CO)O[C@H](n4cc(CN=C(NC(=O)C(C)(C)C)NC(=O)C(C)(C)C)nn4)[C@@H](O)[C@@H]3O)[C@H](O)[C@@H](O)[C@@H]2O)nn1)NC(=O)C(C)(C)C. The molecule has 4 heterocycles. The summed E-state index contributed by atoms with van der Waals surface area (Å²) in [4.78, 5) is 59.5. The Hall–Kier alpha value is -4.86. The molecular formula is C39H64N12O13. The van der Waals surface area contributed by atoms with Crippen LogP contribution in [0.3, 0.4) is 0 Å². The summed E-state index contributed by atoms with van der Waals surface area (Å²) in [7, 11) is 0. The van der Waals surface area contributed by atoms with E-state index in [1.54, 1.807) is 83.1 Å². The normalized spacial score (nSPS) is 26.5. The lowest BCUT2D eigenvalue weighted by molar-refractivity contribution is -0.385. The average molecular weight is 909 g/mol. The number of hydrogen-bond donors (Lipinski definition) is 10. The van der Waals surface area contributed by atoms with E-state index in [-0.39, 0.29) is 42.9 Å². The van der Waals surface area contributed by atoms with Crippen molar-refractivity contribution < 1.29 is 64.0 Å². The number of nitrogens with one attached hydrogen (secondary N) is 4. The number of aliphatic hydroxyl groups excluding tert-OH is 6. The minimum Gasteiger partial charge on any atom is -0.391 e. The second-order valence-electron chi connectivity index (χ2n) is 19.8. The minimum absolute atomic E-state index is 0.104. The molecule has 0 bridgehead atoms. The van der Waals surface area contributed by atoms with E-state index in [0.717, 1.165) is 4.68 Å². The molecule has 2 aromatic rings. The van der Waals surface area contributed by atoms with Gasteiger partial charge < -0.3 is 44.8 Å². The summed E-state index contributed by atoms with van der Waals surface area (Å²) in [5.41, 5.74) is -2.83. The fourth-order valence-corrected chi connectivity index (χ4v) is 5.51. The van der Waals surface area contributed by atoms with Crippen molar-refractivity contribution in [3.63, 3.8) is 0 Å². The van der Waals surface area contributed by atoms with Gasteiger partial charge in [-0.2, -0.15) is 0 Å². The van der Waals surface area contributed by atoms with Crippen LogP contribution in [0.5, 0.6) is 0 Å². The van der Waals surface area contributed by atoms with E-state index in [1.165, 1.54) is 17.1 Å². The maximum absolute atomic E-state index is 12.7. The number of rotatable bonds is 10. The lowest BCUT2D eigenvalue weighted by Gasteiger charge is -2.43. The average Bonchev–Trinajstić information content (AvgIpc) is 3.91. The third kappa shape index (κ3) is 12.9. The van der Waals surface area contributed by atoms with E-state index >= 15 is 0 Å². The second kappa shape index (κ2) is 19.7. The van der Waals surface area contributed by atoms with Crippen molar-refractivity contribution in [2.45, 2.75) is 158 Å². The first kappa shape index (κ1) is 51.8. The molecule has 10 N–H and O–H groups in total.